The second-order valence-corrected chi connectivity index (χ2v) is 2.89. The molecular formula is C8H12ClN3. The number of nitrogens with one attached hydrogen (secondary N) is 1. The Balaban J connectivity index is 2.75. The summed E-state index contributed by atoms with van der Waals surface area (Å²) in [7, 11) is 0. The number of nitrogens with zero attached hydrogens (tertiary/aromatic N) is 1. The third kappa shape index (κ3) is 2.27. The molecule has 1 aromatic heterocycles. The van der Waals surface area contributed by atoms with Gasteiger partial charge in [-0.1, -0.05) is 18.5 Å². The van der Waals surface area contributed by atoms with Crippen molar-refractivity contribution in [3.63, 3.8) is 0 Å². The van der Waals surface area contributed by atoms with Crippen LogP contribution < -0.4 is 11.1 Å². The molecule has 0 fully saturated rings. The van der Waals surface area contributed by atoms with E-state index in [1.54, 1.807) is 12.1 Å². The molecule has 0 saturated heterocycles. The zero-order valence-corrected chi connectivity index (χ0v) is 7.73. The zero-order valence-electron chi connectivity index (χ0n) is 6.97. The molecule has 0 atom stereocenters. The number of hydrogen-bond acceptors (Lipinski definition) is 3. The van der Waals surface area contributed by atoms with Crippen LogP contribution in [-0.4, -0.2) is 11.5 Å². The van der Waals surface area contributed by atoms with Crippen LogP contribution in [0.25, 0.3) is 0 Å². The van der Waals surface area contributed by atoms with Crippen LogP contribution in [0.3, 0.4) is 0 Å². The van der Waals surface area contributed by atoms with E-state index in [9.17, 15) is 0 Å². The van der Waals surface area contributed by atoms with Crippen LogP contribution in [0.1, 0.15) is 13.3 Å². The third-order valence-electron chi connectivity index (χ3n) is 1.43. The molecule has 1 aromatic rings. The predicted octanol–water partition coefficient (Wildman–Crippen LogP) is 2.14. The molecule has 12 heavy (non-hydrogen) atoms. The maximum Gasteiger partial charge on any atom is 0.150 e. The molecule has 0 saturated carbocycles. The summed E-state index contributed by atoms with van der Waals surface area (Å²) in [5, 5.41) is 3.54. The Morgan fingerprint density at radius 1 is 1.58 bits per heavy atom. The van der Waals surface area contributed by atoms with Crippen LogP contribution in [0.15, 0.2) is 12.1 Å². The molecule has 0 aromatic carbocycles. The van der Waals surface area contributed by atoms with Crippen molar-refractivity contribution in [1.82, 2.24) is 4.98 Å². The number of aromatic nitrogens is 1. The van der Waals surface area contributed by atoms with Gasteiger partial charge in [0.05, 0.1) is 5.69 Å². The lowest BCUT2D eigenvalue weighted by Crippen LogP contribution is -2.04. The second kappa shape index (κ2) is 4.16. The highest BCUT2D eigenvalue weighted by Gasteiger charge is 1.99. The lowest BCUT2D eigenvalue weighted by Gasteiger charge is -2.06. The van der Waals surface area contributed by atoms with Crippen molar-refractivity contribution in [2.75, 3.05) is 17.6 Å². The average Bonchev–Trinajstić information content (AvgIpc) is 2.07. The molecular weight excluding hydrogens is 174 g/mol. The monoisotopic (exact) mass is 185 g/mol. The standard InChI is InChI=1S/C8H12ClN3/c1-2-5-11-8-6(10)3-4-7(9)12-8/h3-4H,2,5,10H2,1H3,(H,11,12). The van der Waals surface area contributed by atoms with Gasteiger partial charge in [0.1, 0.15) is 5.15 Å². The number of halogens is 1. The summed E-state index contributed by atoms with van der Waals surface area (Å²) in [6.45, 7) is 2.94. The van der Waals surface area contributed by atoms with Gasteiger partial charge in [-0.15, -0.1) is 0 Å². The second-order valence-electron chi connectivity index (χ2n) is 2.50. The van der Waals surface area contributed by atoms with Gasteiger partial charge >= 0.3 is 0 Å². The quantitative estimate of drug-likeness (QED) is 0.710. The minimum absolute atomic E-state index is 0.461. The molecule has 1 rings (SSSR count). The van der Waals surface area contributed by atoms with Gasteiger partial charge < -0.3 is 11.1 Å². The van der Waals surface area contributed by atoms with E-state index in [0.717, 1.165) is 13.0 Å². The van der Waals surface area contributed by atoms with E-state index in [-0.39, 0.29) is 0 Å². The highest BCUT2D eigenvalue weighted by atomic mass is 35.5. The number of nitrogen functional groups attached to an aromatic ring is 1. The van der Waals surface area contributed by atoms with Gasteiger partial charge in [0.25, 0.3) is 0 Å². The minimum Gasteiger partial charge on any atom is -0.396 e. The average molecular weight is 186 g/mol. The first-order valence-electron chi connectivity index (χ1n) is 3.90. The summed E-state index contributed by atoms with van der Waals surface area (Å²) < 4.78 is 0. The zero-order chi connectivity index (χ0) is 8.97. The molecule has 0 aliphatic carbocycles. The Kier molecular flexibility index (Phi) is 3.17. The Bertz CT molecular complexity index is 262. The predicted molar refractivity (Wildman–Crippen MR) is 52.4 cm³/mol. The third-order valence-corrected chi connectivity index (χ3v) is 1.65. The maximum atomic E-state index is 5.69. The molecule has 4 heteroatoms. The molecule has 0 unspecified atom stereocenters. The first-order valence-corrected chi connectivity index (χ1v) is 4.27. The van der Waals surface area contributed by atoms with E-state index < -0.39 is 0 Å². The number of hydrogen-bond donors (Lipinski definition) is 2. The highest BCUT2D eigenvalue weighted by Crippen LogP contribution is 2.17. The van der Waals surface area contributed by atoms with Gasteiger partial charge in [0, 0.05) is 6.54 Å². The van der Waals surface area contributed by atoms with Gasteiger partial charge in [-0.2, -0.15) is 0 Å². The van der Waals surface area contributed by atoms with E-state index in [1.165, 1.54) is 0 Å². The Labute approximate surface area is 76.9 Å². The van der Waals surface area contributed by atoms with Gasteiger partial charge in [-0.3, -0.25) is 0 Å². The smallest absolute Gasteiger partial charge is 0.150 e. The van der Waals surface area contributed by atoms with Crippen LogP contribution in [0.4, 0.5) is 11.5 Å². The van der Waals surface area contributed by atoms with Crippen molar-refractivity contribution < 1.29 is 0 Å². The fourth-order valence-corrected chi connectivity index (χ4v) is 0.979. The van der Waals surface area contributed by atoms with E-state index in [0.29, 0.717) is 16.7 Å². The fraction of sp³-hybridized carbons (Fsp3) is 0.375. The topological polar surface area (TPSA) is 50.9 Å². The van der Waals surface area contributed by atoms with Gasteiger partial charge in [-0.25, -0.2) is 4.98 Å². The molecule has 3 N–H and O–H groups in total. The SMILES string of the molecule is CCCNc1nc(Cl)ccc1N. The number of nitrogens with two attached hydrogens (primary N) is 1. The van der Waals surface area contributed by atoms with Crippen molar-refractivity contribution in [2.45, 2.75) is 13.3 Å². The van der Waals surface area contributed by atoms with Crippen LogP contribution in [0.2, 0.25) is 5.15 Å². The Morgan fingerprint density at radius 2 is 2.33 bits per heavy atom. The molecule has 0 aliphatic heterocycles. The lowest BCUT2D eigenvalue weighted by atomic mass is 10.4. The summed E-state index contributed by atoms with van der Waals surface area (Å²) in [5.41, 5.74) is 6.28. The summed E-state index contributed by atoms with van der Waals surface area (Å²) in [5.74, 6) is 0.671. The molecule has 0 radical (unpaired) electrons. The molecule has 0 amide bonds. The molecule has 0 aliphatic rings. The van der Waals surface area contributed by atoms with Gasteiger partial charge in [0.15, 0.2) is 5.82 Å². The van der Waals surface area contributed by atoms with E-state index in [1.807, 2.05) is 0 Å². The summed E-state index contributed by atoms with van der Waals surface area (Å²) in [6.07, 6.45) is 1.04. The van der Waals surface area contributed by atoms with E-state index >= 15 is 0 Å². The van der Waals surface area contributed by atoms with Gasteiger partial charge in [0.2, 0.25) is 0 Å². The van der Waals surface area contributed by atoms with Crippen molar-refractivity contribution in [3.8, 4) is 0 Å². The van der Waals surface area contributed by atoms with Crippen molar-refractivity contribution >= 4 is 23.1 Å². The minimum atomic E-state index is 0.461. The largest absolute Gasteiger partial charge is 0.396 e. The molecule has 1 heterocycles. The van der Waals surface area contributed by atoms with Gasteiger partial charge in [-0.05, 0) is 18.6 Å². The first kappa shape index (κ1) is 9.13. The lowest BCUT2D eigenvalue weighted by molar-refractivity contribution is 0.970. The summed E-state index contributed by atoms with van der Waals surface area (Å²) >= 11 is 5.69. The first-order chi connectivity index (χ1) is 5.74. The fourth-order valence-electron chi connectivity index (χ4n) is 0.831. The highest BCUT2D eigenvalue weighted by molar-refractivity contribution is 6.29. The molecule has 0 bridgehead atoms. The molecule has 0 spiro atoms. The maximum absolute atomic E-state index is 5.69. The number of rotatable bonds is 3. The van der Waals surface area contributed by atoms with Crippen molar-refractivity contribution in [3.05, 3.63) is 17.3 Å². The Hall–Kier alpha value is -0.960. The van der Waals surface area contributed by atoms with E-state index in [4.69, 9.17) is 17.3 Å². The van der Waals surface area contributed by atoms with Crippen molar-refractivity contribution in [1.29, 1.82) is 0 Å². The van der Waals surface area contributed by atoms with Crippen molar-refractivity contribution in [2.24, 2.45) is 0 Å². The number of pyridine rings is 1. The van der Waals surface area contributed by atoms with Crippen LogP contribution >= 0.6 is 11.6 Å². The number of anilines is 2. The van der Waals surface area contributed by atoms with Crippen LogP contribution in [-0.2, 0) is 0 Å². The van der Waals surface area contributed by atoms with E-state index in [2.05, 4.69) is 17.2 Å². The summed E-state index contributed by atoms with van der Waals surface area (Å²) in [6, 6.07) is 3.42. The van der Waals surface area contributed by atoms with Crippen LogP contribution in [0, 0.1) is 0 Å². The molecule has 3 nitrogen and oxygen atoms in total. The normalized spacial score (nSPS) is 9.83. The van der Waals surface area contributed by atoms with Crippen LogP contribution in [0.5, 0.6) is 0 Å². The Morgan fingerprint density at radius 3 is 3.00 bits per heavy atom. The summed E-state index contributed by atoms with van der Waals surface area (Å²) in [4.78, 5) is 4.04. The molecule has 66 valence electrons.